The average Bonchev–Trinajstić information content (AvgIpc) is 3.54. The molecular formula is C28H35N3O6. The van der Waals surface area contributed by atoms with Crippen LogP contribution in [-0.2, 0) is 16.1 Å². The van der Waals surface area contributed by atoms with Gasteiger partial charge in [-0.25, -0.2) is 4.79 Å². The number of anilines is 1. The van der Waals surface area contributed by atoms with E-state index in [0.717, 1.165) is 48.3 Å². The first-order valence-electron chi connectivity index (χ1n) is 13.1. The molecule has 198 valence electrons. The third-order valence-corrected chi connectivity index (χ3v) is 7.53. The van der Waals surface area contributed by atoms with Crippen molar-refractivity contribution in [3.63, 3.8) is 0 Å². The predicted octanol–water partition coefficient (Wildman–Crippen LogP) is 3.46. The van der Waals surface area contributed by atoms with Crippen LogP contribution in [0.15, 0.2) is 42.5 Å². The number of carbonyl (C=O) groups is 2. The van der Waals surface area contributed by atoms with Gasteiger partial charge in [0, 0.05) is 35.3 Å². The van der Waals surface area contributed by atoms with Crippen molar-refractivity contribution in [2.45, 2.75) is 75.3 Å². The van der Waals surface area contributed by atoms with Crippen LogP contribution in [0.2, 0.25) is 0 Å². The van der Waals surface area contributed by atoms with Crippen LogP contribution in [0, 0.1) is 0 Å². The first-order valence-corrected chi connectivity index (χ1v) is 13.1. The van der Waals surface area contributed by atoms with Gasteiger partial charge in [-0.2, -0.15) is 0 Å². The van der Waals surface area contributed by atoms with Gasteiger partial charge < -0.3 is 35.3 Å². The van der Waals surface area contributed by atoms with E-state index in [1.165, 1.54) is 0 Å². The minimum absolute atomic E-state index is 0.0486. The minimum atomic E-state index is -0.541. The van der Waals surface area contributed by atoms with E-state index in [4.69, 9.17) is 14.2 Å². The summed E-state index contributed by atoms with van der Waals surface area (Å²) in [6.45, 7) is 0.151. The molecule has 2 aromatic rings. The Labute approximate surface area is 216 Å². The van der Waals surface area contributed by atoms with Gasteiger partial charge in [0.05, 0.1) is 26.2 Å². The fourth-order valence-corrected chi connectivity index (χ4v) is 5.71. The lowest BCUT2D eigenvalue weighted by molar-refractivity contribution is -0.142. The zero-order valence-electron chi connectivity index (χ0n) is 21.1. The van der Waals surface area contributed by atoms with E-state index in [1.54, 1.807) is 7.11 Å². The van der Waals surface area contributed by atoms with Gasteiger partial charge in [0.2, 0.25) is 5.91 Å². The van der Waals surface area contributed by atoms with Crippen LogP contribution in [0.4, 0.5) is 10.5 Å². The van der Waals surface area contributed by atoms with E-state index >= 15 is 0 Å². The van der Waals surface area contributed by atoms with Crippen LogP contribution >= 0.6 is 0 Å². The molecule has 2 fully saturated rings. The summed E-state index contributed by atoms with van der Waals surface area (Å²) in [6, 6.07) is 13.2. The van der Waals surface area contributed by atoms with Crippen LogP contribution in [0.25, 0.3) is 0 Å². The fraction of sp³-hybridized carbons (Fsp3) is 0.500. The summed E-state index contributed by atoms with van der Waals surface area (Å²) in [6.07, 6.45) is 3.84. The summed E-state index contributed by atoms with van der Waals surface area (Å²) in [7, 11) is 1.60. The summed E-state index contributed by atoms with van der Waals surface area (Å²) in [5.41, 5.74) is 2.55. The van der Waals surface area contributed by atoms with E-state index in [2.05, 4.69) is 16.0 Å². The summed E-state index contributed by atoms with van der Waals surface area (Å²) >= 11 is 0. The maximum Gasteiger partial charge on any atom is 0.319 e. The lowest BCUT2D eigenvalue weighted by Gasteiger charge is -2.37. The summed E-state index contributed by atoms with van der Waals surface area (Å²) in [4.78, 5) is 25.2. The number of methoxy groups -OCH3 is 1. The lowest BCUT2D eigenvalue weighted by Crippen LogP contribution is -2.47. The Balaban J connectivity index is 1.22. The highest BCUT2D eigenvalue weighted by molar-refractivity contribution is 5.89. The van der Waals surface area contributed by atoms with Crippen LogP contribution < -0.4 is 25.4 Å². The number of amides is 3. The number of aliphatic hydroxyl groups excluding tert-OH is 1. The van der Waals surface area contributed by atoms with Gasteiger partial charge in [-0.15, -0.1) is 0 Å². The number of ether oxygens (including phenoxy) is 3. The monoisotopic (exact) mass is 509 g/mol. The standard InChI is InChI=1S/C28H35N3O6/c1-35-23-9-5-2-6-17(23)15-29-26(33)14-20-13-22-21-12-19(31-28(34)30-18-7-3-4-8-18)10-11-24(21)37-27(22)25(16-32)36-20/h2,5-6,9-12,18,20,22,25,27,32H,3-4,7-8,13-16H2,1H3,(H,29,33)(H2,30,31,34)/t20-,22-,25+,27+/m0/s1. The minimum Gasteiger partial charge on any atom is -0.496 e. The quantitative estimate of drug-likeness (QED) is 0.433. The normalized spacial score (nSPS) is 24.5. The molecule has 4 N–H and O–H groups in total. The smallest absolute Gasteiger partial charge is 0.319 e. The number of carbonyl (C=O) groups excluding carboxylic acids is 2. The molecule has 1 aliphatic carbocycles. The van der Waals surface area contributed by atoms with Crippen LogP contribution in [0.1, 0.15) is 55.6 Å². The second kappa shape index (κ2) is 11.4. The number of benzene rings is 2. The lowest BCUT2D eigenvalue weighted by atomic mass is 9.84. The average molecular weight is 510 g/mol. The number of hydrogen-bond donors (Lipinski definition) is 4. The Morgan fingerprint density at radius 2 is 1.95 bits per heavy atom. The molecule has 0 unspecified atom stereocenters. The van der Waals surface area contributed by atoms with Gasteiger partial charge in [-0.1, -0.05) is 31.0 Å². The van der Waals surface area contributed by atoms with E-state index in [-0.39, 0.29) is 49.1 Å². The van der Waals surface area contributed by atoms with Crippen molar-refractivity contribution in [3.05, 3.63) is 53.6 Å². The van der Waals surface area contributed by atoms with E-state index in [1.807, 2.05) is 42.5 Å². The molecule has 0 radical (unpaired) electrons. The Morgan fingerprint density at radius 3 is 2.73 bits per heavy atom. The molecule has 0 aromatic heterocycles. The molecular weight excluding hydrogens is 474 g/mol. The highest BCUT2D eigenvalue weighted by Crippen LogP contribution is 2.47. The van der Waals surface area contributed by atoms with Gasteiger partial charge in [-0.3, -0.25) is 4.79 Å². The molecule has 4 atom stereocenters. The molecule has 0 spiro atoms. The molecule has 3 aliphatic rings. The van der Waals surface area contributed by atoms with Gasteiger partial charge in [-0.05, 0) is 43.5 Å². The molecule has 9 nitrogen and oxygen atoms in total. The van der Waals surface area contributed by atoms with E-state index in [0.29, 0.717) is 18.7 Å². The second-order valence-corrected chi connectivity index (χ2v) is 10.0. The Morgan fingerprint density at radius 1 is 1.14 bits per heavy atom. The van der Waals surface area contributed by atoms with Crippen molar-refractivity contribution in [1.82, 2.24) is 10.6 Å². The zero-order valence-corrected chi connectivity index (χ0v) is 21.1. The topological polar surface area (TPSA) is 118 Å². The largest absolute Gasteiger partial charge is 0.496 e. The summed E-state index contributed by atoms with van der Waals surface area (Å²) < 4.78 is 17.6. The maximum absolute atomic E-state index is 12.8. The first-order chi connectivity index (χ1) is 18.0. The van der Waals surface area contributed by atoms with Crippen molar-refractivity contribution in [3.8, 4) is 11.5 Å². The third kappa shape index (κ3) is 5.83. The zero-order chi connectivity index (χ0) is 25.8. The molecule has 2 aromatic carbocycles. The molecule has 9 heteroatoms. The van der Waals surface area contributed by atoms with Crippen molar-refractivity contribution in [2.75, 3.05) is 19.0 Å². The van der Waals surface area contributed by atoms with Crippen LogP contribution in [0.5, 0.6) is 11.5 Å². The molecule has 3 amide bonds. The summed E-state index contributed by atoms with van der Waals surface area (Å²) in [5.74, 6) is 1.26. The molecule has 1 saturated carbocycles. The van der Waals surface area contributed by atoms with E-state index < -0.39 is 6.10 Å². The van der Waals surface area contributed by atoms with Crippen molar-refractivity contribution < 1.29 is 28.9 Å². The number of para-hydroxylation sites is 1. The molecule has 37 heavy (non-hydrogen) atoms. The van der Waals surface area contributed by atoms with Crippen molar-refractivity contribution >= 4 is 17.6 Å². The van der Waals surface area contributed by atoms with Crippen molar-refractivity contribution in [1.29, 1.82) is 0 Å². The number of aliphatic hydroxyl groups is 1. The van der Waals surface area contributed by atoms with E-state index in [9.17, 15) is 14.7 Å². The Bertz CT molecular complexity index is 1120. The Hall–Kier alpha value is -3.30. The van der Waals surface area contributed by atoms with Gasteiger partial charge in [0.15, 0.2) is 0 Å². The number of fused-ring (bicyclic) bond motifs is 3. The molecule has 0 bridgehead atoms. The second-order valence-electron chi connectivity index (χ2n) is 10.0. The SMILES string of the molecule is COc1ccccc1CNC(=O)C[C@@H]1C[C@H]2c3cc(NC(=O)NC4CCCC4)ccc3O[C@H]2[C@@H](CO)O1. The summed E-state index contributed by atoms with van der Waals surface area (Å²) in [5, 5.41) is 18.9. The molecule has 2 aliphatic heterocycles. The van der Waals surface area contributed by atoms with Crippen LogP contribution in [0.3, 0.4) is 0 Å². The number of nitrogens with one attached hydrogen (secondary N) is 3. The van der Waals surface area contributed by atoms with Gasteiger partial charge >= 0.3 is 6.03 Å². The van der Waals surface area contributed by atoms with Gasteiger partial charge in [0.25, 0.3) is 0 Å². The maximum atomic E-state index is 12.8. The first kappa shape index (κ1) is 25.4. The predicted molar refractivity (Wildman–Crippen MR) is 138 cm³/mol. The van der Waals surface area contributed by atoms with Gasteiger partial charge in [0.1, 0.15) is 23.7 Å². The number of hydrogen-bond acceptors (Lipinski definition) is 6. The molecule has 1 saturated heterocycles. The highest BCUT2D eigenvalue weighted by atomic mass is 16.6. The molecule has 2 heterocycles. The van der Waals surface area contributed by atoms with Crippen molar-refractivity contribution in [2.24, 2.45) is 0 Å². The fourth-order valence-electron chi connectivity index (χ4n) is 5.71. The highest BCUT2D eigenvalue weighted by Gasteiger charge is 2.46. The third-order valence-electron chi connectivity index (χ3n) is 7.53. The number of urea groups is 1. The molecule has 5 rings (SSSR count). The van der Waals surface area contributed by atoms with Crippen LogP contribution in [-0.4, -0.2) is 55.1 Å². The number of rotatable bonds is 8. The Kier molecular flexibility index (Phi) is 7.81.